The average Bonchev–Trinajstić information content (AvgIpc) is 3.06. The third-order valence-electron chi connectivity index (χ3n) is 5.57. The lowest BCUT2D eigenvalue weighted by atomic mass is 10.0. The van der Waals surface area contributed by atoms with E-state index in [9.17, 15) is 0 Å². The van der Waals surface area contributed by atoms with E-state index in [1.807, 2.05) is 30.3 Å². The molecule has 4 aromatic carbocycles. The fraction of sp³-hybridized carbons (Fsp3) is 0. The van der Waals surface area contributed by atoms with Crippen molar-refractivity contribution in [1.82, 2.24) is 4.57 Å². The minimum absolute atomic E-state index is 0.830. The van der Waals surface area contributed by atoms with Gasteiger partial charge in [-0.25, -0.2) is 0 Å². The van der Waals surface area contributed by atoms with E-state index in [1.54, 1.807) is 0 Å². The van der Waals surface area contributed by atoms with Gasteiger partial charge in [-0.2, -0.15) is 0 Å². The number of hydrogen-bond donors (Lipinski definition) is 0. The predicted molar refractivity (Wildman–Crippen MR) is 106 cm³/mol. The first kappa shape index (κ1) is 13.5. The van der Waals surface area contributed by atoms with Crippen molar-refractivity contribution in [2.24, 2.45) is 0 Å². The summed E-state index contributed by atoms with van der Waals surface area (Å²) in [7, 11) is 0. The number of nitrogens with zero attached hydrogens (tertiary/aromatic N) is 1. The Labute approximate surface area is 155 Å². The maximum atomic E-state index is 6.47. The van der Waals surface area contributed by atoms with E-state index in [-0.39, 0.29) is 0 Å². The van der Waals surface area contributed by atoms with Crippen molar-refractivity contribution in [3.63, 3.8) is 0 Å². The van der Waals surface area contributed by atoms with Gasteiger partial charge in [-0.15, -0.1) is 0 Å². The van der Waals surface area contributed by atoms with Gasteiger partial charge in [0.1, 0.15) is 5.69 Å². The first-order valence-corrected chi connectivity index (χ1v) is 9.05. The van der Waals surface area contributed by atoms with Crippen molar-refractivity contribution >= 4 is 21.8 Å². The molecule has 27 heavy (non-hydrogen) atoms. The molecule has 3 heteroatoms. The van der Waals surface area contributed by atoms with Crippen LogP contribution in [0.1, 0.15) is 0 Å². The summed E-state index contributed by atoms with van der Waals surface area (Å²) in [5.74, 6) is 3.47. The van der Waals surface area contributed by atoms with Crippen LogP contribution in [-0.4, -0.2) is 4.57 Å². The smallest absolute Gasteiger partial charge is 0.160 e. The Hall–Kier alpha value is -3.72. The zero-order valence-electron chi connectivity index (χ0n) is 14.3. The van der Waals surface area contributed by atoms with Crippen molar-refractivity contribution in [1.29, 1.82) is 0 Å². The van der Waals surface area contributed by atoms with Gasteiger partial charge in [0.2, 0.25) is 0 Å². The molecule has 3 heterocycles. The van der Waals surface area contributed by atoms with E-state index < -0.39 is 0 Å². The Morgan fingerprint density at radius 1 is 0.556 bits per heavy atom. The van der Waals surface area contributed by atoms with Crippen molar-refractivity contribution in [2.75, 3.05) is 0 Å². The highest BCUT2D eigenvalue weighted by atomic mass is 16.5. The van der Waals surface area contributed by atoms with Gasteiger partial charge < -0.3 is 9.47 Å². The zero-order chi connectivity index (χ0) is 17.5. The first-order chi connectivity index (χ1) is 13.4. The molecule has 3 nitrogen and oxygen atoms in total. The Morgan fingerprint density at radius 3 is 2.19 bits per heavy atom. The third kappa shape index (κ3) is 1.53. The Balaban J connectivity index is 1.74. The van der Waals surface area contributed by atoms with Gasteiger partial charge in [0.25, 0.3) is 0 Å². The van der Waals surface area contributed by atoms with Gasteiger partial charge in [-0.1, -0.05) is 54.6 Å². The second-order valence-electron chi connectivity index (χ2n) is 7.00. The highest BCUT2D eigenvalue weighted by molar-refractivity contribution is 6.16. The normalized spacial score (nSPS) is 13.0. The summed E-state index contributed by atoms with van der Waals surface area (Å²) in [6.45, 7) is 0. The monoisotopic (exact) mass is 347 g/mol. The number of rotatable bonds is 1. The summed E-state index contributed by atoms with van der Waals surface area (Å²) in [4.78, 5) is 0. The summed E-state index contributed by atoms with van der Waals surface area (Å²) >= 11 is 0. The molecule has 0 spiro atoms. The molecule has 0 unspecified atom stereocenters. The topological polar surface area (TPSA) is 23.4 Å². The van der Waals surface area contributed by atoms with Crippen LogP contribution in [0.5, 0.6) is 23.0 Å². The maximum absolute atomic E-state index is 6.47. The van der Waals surface area contributed by atoms with E-state index in [1.165, 1.54) is 10.8 Å². The summed E-state index contributed by atoms with van der Waals surface area (Å²) in [5.41, 5.74) is 5.48. The largest absolute Gasteiger partial charge is 0.453 e. The van der Waals surface area contributed by atoms with E-state index >= 15 is 0 Å². The van der Waals surface area contributed by atoms with E-state index in [0.717, 1.165) is 50.8 Å². The number of para-hydroxylation sites is 2. The van der Waals surface area contributed by atoms with Gasteiger partial charge >= 0.3 is 0 Å². The summed E-state index contributed by atoms with van der Waals surface area (Å²) in [6, 6.07) is 27.0. The van der Waals surface area contributed by atoms with Crippen molar-refractivity contribution in [2.45, 2.75) is 0 Å². The van der Waals surface area contributed by atoms with E-state index in [2.05, 4.69) is 53.1 Å². The van der Waals surface area contributed by atoms with Crippen LogP contribution in [0, 0.1) is 0 Å². The SMILES string of the molecule is c1ccc(-c2ccc3c4cccc5c4n4c3c2Oc2cccc(c2-4)O5)cc1. The van der Waals surface area contributed by atoms with Crippen LogP contribution in [-0.2, 0) is 0 Å². The van der Waals surface area contributed by atoms with Crippen molar-refractivity contribution in [3.8, 4) is 39.8 Å². The molecule has 0 atom stereocenters. The number of ether oxygens (including phenoxy) is 2. The highest BCUT2D eigenvalue weighted by Crippen LogP contribution is 2.55. The van der Waals surface area contributed by atoms with Crippen LogP contribution in [0.4, 0.5) is 0 Å². The molecule has 0 N–H and O–H groups in total. The minimum Gasteiger partial charge on any atom is -0.453 e. The van der Waals surface area contributed by atoms with Gasteiger partial charge in [-0.3, -0.25) is 4.57 Å². The molecule has 5 aromatic rings. The van der Waals surface area contributed by atoms with Crippen LogP contribution < -0.4 is 9.47 Å². The summed E-state index contributed by atoms with van der Waals surface area (Å²) in [5, 5.41) is 2.38. The molecule has 0 saturated carbocycles. The third-order valence-corrected chi connectivity index (χ3v) is 5.57. The van der Waals surface area contributed by atoms with Gasteiger partial charge in [0, 0.05) is 16.3 Å². The van der Waals surface area contributed by atoms with Gasteiger partial charge in [-0.05, 0) is 29.8 Å². The molecular formula is C24H13NO2. The van der Waals surface area contributed by atoms with E-state index in [4.69, 9.17) is 9.47 Å². The lowest BCUT2D eigenvalue weighted by Gasteiger charge is -2.27. The molecule has 0 amide bonds. The molecule has 0 fully saturated rings. The summed E-state index contributed by atoms with van der Waals surface area (Å²) < 4.78 is 15.0. The van der Waals surface area contributed by atoms with Crippen LogP contribution in [0.25, 0.3) is 38.6 Å². The number of benzene rings is 4. The Morgan fingerprint density at radius 2 is 1.30 bits per heavy atom. The molecular weight excluding hydrogens is 334 g/mol. The molecule has 2 aliphatic rings. The van der Waals surface area contributed by atoms with E-state index in [0.29, 0.717) is 0 Å². The molecule has 0 aliphatic carbocycles. The average molecular weight is 347 g/mol. The molecule has 0 bridgehead atoms. The molecule has 0 radical (unpaired) electrons. The van der Waals surface area contributed by atoms with Crippen LogP contribution in [0.15, 0.2) is 78.9 Å². The summed E-state index contributed by atoms with van der Waals surface area (Å²) in [6.07, 6.45) is 0. The van der Waals surface area contributed by atoms with Crippen LogP contribution in [0.3, 0.4) is 0 Å². The highest BCUT2D eigenvalue weighted by Gasteiger charge is 2.32. The fourth-order valence-corrected chi connectivity index (χ4v) is 4.46. The number of hydrogen-bond acceptors (Lipinski definition) is 2. The standard InChI is InChI=1S/C24H13NO2/c1-2-6-14(7-3-1)15-12-13-17-16-8-4-9-18-21(16)25-22(17)24(15)27-20-11-5-10-19(26-18)23(20)25/h1-13H. The molecule has 7 rings (SSSR count). The minimum atomic E-state index is 0.830. The lowest BCUT2D eigenvalue weighted by Crippen LogP contribution is -2.10. The van der Waals surface area contributed by atoms with Crippen LogP contribution >= 0.6 is 0 Å². The maximum Gasteiger partial charge on any atom is 0.160 e. The zero-order valence-corrected chi connectivity index (χ0v) is 14.3. The molecule has 126 valence electrons. The van der Waals surface area contributed by atoms with Crippen LogP contribution in [0.2, 0.25) is 0 Å². The predicted octanol–water partition coefficient (Wildman–Crippen LogP) is 6.66. The van der Waals surface area contributed by atoms with Crippen molar-refractivity contribution in [3.05, 3.63) is 78.9 Å². The molecule has 2 aliphatic heterocycles. The second-order valence-corrected chi connectivity index (χ2v) is 7.00. The fourth-order valence-electron chi connectivity index (χ4n) is 4.46. The quantitative estimate of drug-likeness (QED) is 0.331. The van der Waals surface area contributed by atoms with Gasteiger partial charge in [0.05, 0.1) is 11.0 Å². The second kappa shape index (κ2) is 4.51. The Kier molecular flexibility index (Phi) is 2.25. The lowest BCUT2D eigenvalue weighted by molar-refractivity contribution is 0.445. The Bertz CT molecular complexity index is 1410. The molecule has 1 aromatic heterocycles. The first-order valence-electron chi connectivity index (χ1n) is 9.05. The van der Waals surface area contributed by atoms with Gasteiger partial charge in [0.15, 0.2) is 23.0 Å². The van der Waals surface area contributed by atoms with Crippen molar-refractivity contribution < 1.29 is 9.47 Å². The number of fused-ring (bicyclic) bond motifs is 1. The molecule has 0 saturated heterocycles. The number of aromatic nitrogens is 1.